The molecule has 0 aromatic carbocycles. The van der Waals surface area contributed by atoms with Gasteiger partial charge < -0.3 is 10.1 Å². The molecule has 0 amide bonds. The number of hydrogen-bond donors (Lipinski definition) is 1. The molecular weight excluding hydrogens is 309 g/mol. The Morgan fingerprint density at radius 3 is 2.67 bits per heavy atom. The van der Waals surface area contributed by atoms with E-state index in [1.807, 2.05) is 0 Å². The highest BCUT2D eigenvalue weighted by molar-refractivity contribution is 5.85. The molecule has 21 heavy (non-hydrogen) atoms. The van der Waals surface area contributed by atoms with Gasteiger partial charge in [0.15, 0.2) is 0 Å². The predicted octanol–water partition coefficient (Wildman–Crippen LogP) is 2.74. The molecule has 8 heteroatoms. The lowest BCUT2D eigenvalue weighted by Crippen LogP contribution is -2.35. The van der Waals surface area contributed by atoms with Crippen LogP contribution in [-0.2, 0) is 15.7 Å². The van der Waals surface area contributed by atoms with E-state index in [1.54, 1.807) is 0 Å². The van der Waals surface area contributed by atoms with Crippen molar-refractivity contribution in [2.75, 3.05) is 13.7 Å². The summed E-state index contributed by atoms with van der Waals surface area (Å²) in [6, 6.07) is 2.17. The molecule has 1 aromatic heterocycles. The van der Waals surface area contributed by atoms with Crippen molar-refractivity contribution in [1.82, 2.24) is 10.3 Å². The number of piperidine rings is 1. The van der Waals surface area contributed by atoms with Crippen LogP contribution < -0.4 is 5.32 Å². The molecule has 2 unspecified atom stereocenters. The number of nitrogens with zero attached hydrogens (tertiary/aromatic N) is 1. The molecule has 2 heterocycles. The number of carbonyl (C=O) groups is 1. The van der Waals surface area contributed by atoms with Crippen LogP contribution in [0.3, 0.4) is 0 Å². The summed E-state index contributed by atoms with van der Waals surface area (Å²) in [5.74, 6) is -0.509. The van der Waals surface area contributed by atoms with Gasteiger partial charge in [-0.15, -0.1) is 12.4 Å². The van der Waals surface area contributed by atoms with Gasteiger partial charge in [0, 0.05) is 12.2 Å². The van der Waals surface area contributed by atoms with Gasteiger partial charge in [0.25, 0.3) is 0 Å². The van der Waals surface area contributed by atoms with E-state index in [9.17, 15) is 18.0 Å². The van der Waals surface area contributed by atoms with Crippen molar-refractivity contribution in [2.45, 2.75) is 25.1 Å². The van der Waals surface area contributed by atoms with E-state index in [2.05, 4.69) is 10.3 Å². The largest absolute Gasteiger partial charge is 0.469 e. The summed E-state index contributed by atoms with van der Waals surface area (Å²) in [7, 11) is 1.33. The fourth-order valence-electron chi connectivity index (χ4n) is 2.33. The average molecular weight is 325 g/mol. The predicted molar refractivity (Wildman–Crippen MR) is 72.0 cm³/mol. The minimum Gasteiger partial charge on any atom is -0.469 e. The third kappa shape index (κ3) is 4.31. The number of nitrogens with one attached hydrogen (secondary N) is 1. The van der Waals surface area contributed by atoms with E-state index in [-0.39, 0.29) is 30.3 Å². The van der Waals surface area contributed by atoms with Gasteiger partial charge in [0.2, 0.25) is 0 Å². The average Bonchev–Trinajstić information content (AvgIpc) is 2.46. The Bertz CT molecular complexity index is 479. The van der Waals surface area contributed by atoms with Crippen LogP contribution in [-0.4, -0.2) is 24.6 Å². The number of esters is 1. The Hall–Kier alpha value is -1.34. The first-order valence-corrected chi connectivity index (χ1v) is 6.26. The number of methoxy groups -OCH3 is 1. The number of hydrogen-bond acceptors (Lipinski definition) is 4. The van der Waals surface area contributed by atoms with E-state index < -0.39 is 11.9 Å². The van der Waals surface area contributed by atoms with E-state index in [4.69, 9.17) is 4.74 Å². The molecule has 2 rings (SSSR count). The molecule has 1 aliphatic heterocycles. The highest BCUT2D eigenvalue weighted by Crippen LogP contribution is 2.31. The highest BCUT2D eigenvalue weighted by Gasteiger charge is 2.33. The maximum absolute atomic E-state index is 12.4. The molecule has 0 bridgehead atoms. The molecule has 1 aromatic rings. The van der Waals surface area contributed by atoms with Crippen LogP contribution >= 0.6 is 12.4 Å². The highest BCUT2D eigenvalue weighted by atomic mass is 35.5. The summed E-state index contributed by atoms with van der Waals surface area (Å²) in [4.78, 5) is 14.9. The van der Waals surface area contributed by atoms with Gasteiger partial charge in [-0.05, 0) is 31.0 Å². The molecule has 1 N–H and O–H groups in total. The standard InChI is InChI=1S/C13H15F3N2O2.ClH/c1-20-12(19)8-4-5-17-10(6-8)9-2-3-11(18-7-9)13(14,15)16;/h2-3,7-8,10,17H,4-6H2,1H3;1H. The Kier molecular flexibility index (Phi) is 5.98. The molecule has 0 spiro atoms. The zero-order chi connectivity index (χ0) is 14.8. The number of halogens is 4. The van der Waals surface area contributed by atoms with E-state index >= 15 is 0 Å². The van der Waals surface area contributed by atoms with Crippen LogP contribution in [0.1, 0.15) is 30.1 Å². The van der Waals surface area contributed by atoms with Crippen molar-refractivity contribution in [3.05, 3.63) is 29.6 Å². The van der Waals surface area contributed by atoms with Crippen LogP contribution in [0, 0.1) is 5.92 Å². The summed E-state index contributed by atoms with van der Waals surface area (Å²) in [5, 5.41) is 3.17. The molecular formula is C13H16ClF3N2O2. The van der Waals surface area contributed by atoms with Crippen LogP contribution in [0.2, 0.25) is 0 Å². The molecule has 1 saturated heterocycles. The second-order valence-corrected chi connectivity index (χ2v) is 4.73. The molecule has 118 valence electrons. The SMILES string of the molecule is COC(=O)C1CCNC(c2ccc(C(F)(F)F)nc2)C1.Cl. The number of aromatic nitrogens is 1. The Morgan fingerprint density at radius 1 is 1.43 bits per heavy atom. The number of rotatable bonds is 2. The van der Waals surface area contributed by atoms with E-state index in [0.717, 1.165) is 6.07 Å². The first kappa shape index (κ1) is 17.7. The van der Waals surface area contributed by atoms with Crippen molar-refractivity contribution < 1.29 is 22.7 Å². The summed E-state index contributed by atoms with van der Waals surface area (Å²) in [6.45, 7) is 0.617. The van der Waals surface area contributed by atoms with Crippen LogP contribution in [0.5, 0.6) is 0 Å². The molecule has 0 saturated carbocycles. The minimum absolute atomic E-state index is 0. The number of pyridine rings is 1. The fourth-order valence-corrected chi connectivity index (χ4v) is 2.33. The smallest absolute Gasteiger partial charge is 0.433 e. The minimum atomic E-state index is -4.44. The zero-order valence-electron chi connectivity index (χ0n) is 11.3. The topological polar surface area (TPSA) is 51.2 Å². The lowest BCUT2D eigenvalue weighted by molar-refractivity contribution is -0.146. The molecule has 2 atom stereocenters. The molecule has 1 fully saturated rings. The van der Waals surface area contributed by atoms with Crippen LogP contribution in [0.25, 0.3) is 0 Å². The molecule has 0 radical (unpaired) electrons. The summed E-state index contributed by atoms with van der Waals surface area (Å²) >= 11 is 0. The second kappa shape index (κ2) is 7.09. The van der Waals surface area contributed by atoms with E-state index in [1.165, 1.54) is 19.4 Å². The maximum atomic E-state index is 12.4. The Morgan fingerprint density at radius 2 is 2.14 bits per heavy atom. The molecule has 4 nitrogen and oxygen atoms in total. The van der Waals surface area contributed by atoms with Crippen molar-refractivity contribution >= 4 is 18.4 Å². The van der Waals surface area contributed by atoms with Crippen LogP contribution in [0.15, 0.2) is 18.3 Å². The van der Waals surface area contributed by atoms with Gasteiger partial charge in [-0.1, -0.05) is 6.07 Å². The third-order valence-corrected chi connectivity index (χ3v) is 3.42. The van der Waals surface area contributed by atoms with Crippen molar-refractivity contribution in [1.29, 1.82) is 0 Å². The normalized spacial score (nSPS) is 22.3. The van der Waals surface area contributed by atoms with Gasteiger partial charge >= 0.3 is 12.1 Å². The Labute approximate surface area is 126 Å². The Balaban J connectivity index is 0.00000220. The first-order chi connectivity index (χ1) is 9.41. The summed E-state index contributed by atoms with van der Waals surface area (Å²) in [5.41, 5.74) is -0.270. The molecule has 0 aliphatic carbocycles. The number of carbonyl (C=O) groups excluding carboxylic acids is 1. The van der Waals surface area contributed by atoms with Crippen LogP contribution in [0.4, 0.5) is 13.2 Å². The first-order valence-electron chi connectivity index (χ1n) is 6.26. The zero-order valence-corrected chi connectivity index (χ0v) is 12.1. The second-order valence-electron chi connectivity index (χ2n) is 4.73. The lowest BCUT2D eigenvalue weighted by atomic mass is 9.89. The van der Waals surface area contributed by atoms with Gasteiger partial charge in [0.1, 0.15) is 5.69 Å². The quantitative estimate of drug-likeness (QED) is 0.850. The van der Waals surface area contributed by atoms with Gasteiger partial charge in [-0.25, -0.2) is 0 Å². The summed E-state index contributed by atoms with van der Waals surface area (Å²) in [6.07, 6.45) is -2.07. The third-order valence-electron chi connectivity index (χ3n) is 3.42. The van der Waals surface area contributed by atoms with Gasteiger partial charge in [-0.3, -0.25) is 9.78 Å². The molecule has 1 aliphatic rings. The van der Waals surface area contributed by atoms with Crippen molar-refractivity contribution in [2.24, 2.45) is 5.92 Å². The lowest BCUT2D eigenvalue weighted by Gasteiger charge is -2.29. The summed E-state index contributed by atoms with van der Waals surface area (Å²) < 4.78 is 42.0. The van der Waals surface area contributed by atoms with Gasteiger partial charge in [0.05, 0.1) is 13.0 Å². The number of ether oxygens (including phenoxy) is 1. The van der Waals surface area contributed by atoms with Crippen molar-refractivity contribution in [3.8, 4) is 0 Å². The van der Waals surface area contributed by atoms with Crippen molar-refractivity contribution in [3.63, 3.8) is 0 Å². The monoisotopic (exact) mass is 324 g/mol. The van der Waals surface area contributed by atoms with E-state index in [0.29, 0.717) is 24.9 Å². The maximum Gasteiger partial charge on any atom is 0.433 e. The van der Waals surface area contributed by atoms with Gasteiger partial charge in [-0.2, -0.15) is 13.2 Å². The fraction of sp³-hybridized carbons (Fsp3) is 0.538. The number of alkyl halides is 3.